The van der Waals surface area contributed by atoms with Crippen LogP contribution < -0.4 is 10.1 Å². The monoisotopic (exact) mass is 290 g/mol. The van der Waals surface area contributed by atoms with Gasteiger partial charge in [-0.3, -0.25) is 0 Å². The molecule has 21 heavy (non-hydrogen) atoms. The maximum atomic E-state index is 6.25. The Hall–Kier alpha value is -1.09. The first kappa shape index (κ1) is 16.3. The molecule has 118 valence electrons. The zero-order valence-corrected chi connectivity index (χ0v) is 14.2. The van der Waals surface area contributed by atoms with E-state index in [4.69, 9.17) is 9.72 Å². The summed E-state index contributed by atoms with van der Waals surface area (Å²) < 4.78 is 6.25. The molecule has 0 bridgehead atoms. The largest absolute Gasteiger partial charge is 0.474 e. The lowest BCUT2D eigenvalue weighted by molar-refractivity contribution is 0.0970. The summed E-state index contributed by atoms with van der Waals surface area (Å²) in [5.41, 5.74) is 2.39. The molecular formula is C18H30N2O. The highest BCUT2D eigenvalue weighted by atomic mass is 16.5. The molecule has 2 rings (SSSR count). The van der Waals surface area contributed by atoms with Gasteiger partial charge in [0, 0.05) is 18.0 Å². The first-order valence-electron chi connectivity index (χ1n) is 8.23. The van der Waals surface area contributed by atoms with Gasteiger partial charge in [0.05, 0.1) is 5.69 Å². The number of hydrogen-bond acceptors (Lipinski definition) is 3. The third-order valence-electron chi connectivity index (χ3n) is 4.32. The molecule has 1 aromatic rings. The lowest BCUT2D eigenvalue weighted by Gasteiger charge is -2.29. The summed E-state index contributed by atoms with van der Waals surface area (Å²) in [6.45, 7) is 9.75. The predicted molar refractivity (Wildman–Crippen MR) is 87.7 cm³/mol. The van der Waals surface area contributed by atoms with Gasteiger partial charge in [-0.25, -0.2) is 4.98 Å². The highest BCUT2D eigenvalue weighted by Gasteiger charge is 2.24. The smallest absolute Gasteiger partial charge is 0.214 e. The minimum atomic E-state index is 0.0417. The summed E-state index contributed by atoms with van der Waals surface area (Å²) in [7, 11) is 1.97. The third-order valence-corrected chi connectivity index (χ3v) is 4.32. The van der Waals surface area contributed by atoms with Crippen LogP contribution in [0.4, 0.5) is 0 Å². The van der Waals surface area contributed by atoms with Crippen molar-refractivity contribution < 1.29 is 4.74 Å². The average molecular weight is 290 g/mol. The van der Waals surface area contributed by atoms with Gasteiger partial charge in [-0.2, -0.15) is 0 Å². The molecule has 0 radical (unpaired) electrons. The van der Waals surface area contributed by atoms with Crippen LogP contribution in [0.5, 0.6) is 5.88 Å². The maximum Gasteiger partial charge on any atom is 0.214 e. The van der Waals surface area contributed by atoms with Crippen molar-refractivity contribution in [2.45, 2.75) is 71.4 Å². The topological polar surface area (TPSA) is 34.1 Å². The Balaban J connectivity index is 2.22. The minimum Gasteiger partial charge on any atom is -0.474 e. The molecule has 0 spiro atoms. The number of rotatable bonds is 4. The van der Waals surface area contributed by atoms with E-state index in [1.807, 2.05) is 7.05 Å². The fourth-order valence-corrected chi connectivity index (χ4v) is 2.92. The van der Waals surface area contributed by atoms with Crippen LogP contribution in [-0.2, 0) is 12.0 Å². The van der Waals surface area contributed by atoms with E-state index in [9.17, 15) is 0 Å². The zero-order valence-electron chi connectivity index (χ0n) is 14.2. The van der Waals surface area contributed by atoms with Gasteiger partial charge in [0.1, 0.15) is 6.10 Å². The molecule has 1 aliphatic carbocycles. The number of pyridine rings is 1. The molecule has 0 saturated heterocycles. The second kappa shape index (κ2) is 6.78. The number of ether oxygens (including phenoxy) is 1. The van der Waals surface area contributed by atoms with Crippen molar-refractivity contribution in [3.63, 3.8) is 0 Å². The Kier molecular flexibility index (Phi) is 5.26. The number of hydrogen-bond donors (Lipinski definition) is 1. The van der Waals surface area contributed by atoms with Crippen molar-refractivity contribution >= 4 is 0 Å². The highest BCUT2D eigenvalue weighted by molar-refractivity contribution is 5.28. The molecule has 0 amide bonds. The van der Waals surface area contributed by atoms with E-state index in [0.717, 1.165) is 24.5 Å². The van der Waals surface area contributed by atoms with Crippen LogP contribution in [0.1, 0.15) is 64.6 Å². The van der Waals surface area contributed by atoms with Crippen molar-refractivity contribution in [1.82, 2.24) is 10.3 Å². The average Bonchev–Trinajstić information content (AvgIpc) is 2.41. The molecule has 1 fully saturated rings. The molecule has 0 aromatic carbocycles. The summed E-state index contributed by atoms with van der Waals surface area (Å²) >= 11 is 0. The fraction of sp³-hybridized carbons (Fsp3) is 0.722. The van der Waals surface area contributed by atoms with E-state index in [1.165, 1.54) is 24.8 Å². The summed E-state index contributed by atoms with van der Waals surface area (Å²) in [6.07, 6.45) is 5.36. The predicted octanol–water partition coefficient (Wildman–Crippen LogP) is 4.06. The van der Waals surface area contributed by atoms with Crippen LogP contribution in [0.3, 0.4) is 0 Å². The number of nitrogens with zero attached hydrogens (tertiary/aromatic N) is 1. The Morgan fingerprint density at radius 3 is 2.57 bits per heavy atom. The fourth-order valence-electron chi connectivity index (χ4n) is 2.92. The second-order valence-corrected chi connectivity index (χ2v) is 7.40. The lowest BCUT2D eigenvalue weighted by Crippen LogP contribution is -2.29. The van der Waals surface area contributed by atoms with Gasteiger partial charge in [0.25, 0.3) is 0 Å². The molecule has 3 nitrogen and oxygen atoms in total. The second-order valence-electron chi connectivity index (χ2n) is 7.40. The van der Waals surface area contributed by atoms with E-state index in [2.05, 4.69) is 45.1 Å². The molecule has 1 saturated carbocycles. The van der Waals surface area contributed by atoms with E-state index in [1.54, 1.807) is 0 Å². The first-order valence-corrected chi connectivity index (χ1v) is 8.23. The normalized spacial score (nSPS) is 23.1. The van der Waals surface area contributed by atoms with E-state index in [0.29, 0.717) is 12.0 Å². The van der Waals surface area contributed by atoms with Gasteiger partial charge in [0.15, 0.2) is 0 Å². The van der Waals surface area contributed by atoms with Crippen molar-refractivity contribution in [3.8, 4) is 5.88 Å². The van der Waals surface area contributed by atoms with Gasteiger partial charge in [-0.05, 0) is 43.9 Å². The number of nitrogens with one attached hydrogen (secondary N) is 1. The summed E-state index contributed by atoms with van der Waals surface area (Å²) in [5.74, 6) is 1.43. The van der Waals surface area contributed by atoms with Crippen molar-refractivity contribution in [1.29, 1.82) is 0 Å². The van der Waals surface area contributed by atoms with E-state index < -0.39 is 0 Å². The van der Waals surface area contributed by atoms with E-state index in [-0.39, 0.29) is 5.41 Å². The third kappa shape index (κ3) is 4.44. The standard InChI is InChI=1S/C18H30N2O/c1-13-8-6-7-9-15(13)21-17-11-14(12-19-5)10-16(20-17)18(2,3)4/h10-11,13,15,19H,6-9,12H2,1-5H3. The summed E-state index contributed by atoms with van der Waals surface area (Å²) in [4.78, 5) is 4.77. The molecule has 1 heterocycles. The summed E-state index contributed by atoms with van der Waals surface area (Å²) in [5, 5.41) is 3.22. The lowest BCUT2D eigenvalue weighted by atomic mass is 9.88. The Morgan fingerprint density at radius 1 is 1.24 bits per heavy atom. The van der Waals surface area contributed by atoms with Gasteiger partial charge < -0.3 is 10.1 Å². The molecule has 3 heteroatoms. The molecular weight excluding hydrogens is 260 g/mol. The Bertz CT molecular complexity index is 465. The highest BCUT2D eigenvalue weighted by Crippen LogP contribution is 2.29. The minimum absolute atomic E-state index is 0.0417. The van der Waals surface area contributed by atoms with Crippen molar-refractivity contribution in [2.24, 2.45) is 5.92 Å². The van der Waals surface area contributed by atoms with Crippen LogP contribution in [0, 0.1) is 5.92 Å². The Morgan fingerprint density at radius 2 is 1.95 bits per heavy atom. The molecule has 1 N–H and O–H groups in total. The first-order chi connectivity index (χ1) is 9.90. The van der Waals surface area contributed by atoms with Gasteiger partial charge in [-0.15, -0.1) is 0 Å². The molecule has 2 unspecified atom stereocenters. The Labute approximate surface area is 129 Å². The molecule has 1 aliphatic rings. The summed E-state index contributed by atoms with van der Waals surface area (Å²) in [6, 6.07) is 4.28. The maximum absolute atomic E-state index is 6.25. The van der Waals surface area contributed by atoms with Crippen LogP contribution in [0.2, 0.25) is 0 Å². The molecule has 2 atom stereocenters. The van der Waals surface area contributed by atoms with Crippen LogP contribution in [-0.4, -0.2) is 18.1 Å². The SMILES string of the molecule is CNCc1cc(OC2CCCCC2C)nc(C(C)(C)C)c1. The van der Waals surface area contributed by atoms with Gasteiger partial charge in [0.2, 0.25) is 5.88 Å². The van der Waals surface area contributed by atoms with E-state index >= 15 is 0 Å². The quantitative estimate of drug-likeness (QED) is 0.908. The van der Waals surface area contributed by atoms with Crippen LogP contribution in [0.15, 0.2) is 12.1 Å². The van der Waals surface area contributed by atoms with Crippen molar-refractivity contribution in [3.05, 3.63) is 23.4 Å². The molecule has 1 aromatic heterocycles. The van der Waals surface area contributed by atoms with Crippen molar-refractivity contribution in [2.75, 3.05) is 7.05 Å². The van der Waals surface area contributed by atoms with Crippen LogP contribution in [0.25, 0.3) is 0 Å². The molecule has 0 aliphatic heterocycles. The van der Waals surface area contributed by atoms with Crippen LogP contribution >= 0.6 is 0 Å². The zero-order chi connectivity index (χ0) is 15.5. The van der Waals surface area contributed by atoms with Gasteiger partial charge >= 0.3 is 0 Å². The van der Waals surface area contributed by atoms with Gasteiger partial charge in [-0.1, -0.05) is 34.1 Å². The number of aromatic nitrogens is 1.